The molecule has 0 aliphatic carbocycles. The fourth-order valence-electron chi connectivity index (χ4n) is 4.00. The first-order valence-corrected chi connectivity index (χ1v) is 11.4. The van der Waals surface area contributed by atoms with Crippen molar-refractivity contribution in [3.63, 3.8) is 0 Å². The molecule has 4 nitrogen and oxygen atoms in total. The molecule has 1 saturated heterocycles. The number of hydrogen-bond donors (Lipinski definition) is 0. The predicted molar refractivity (Wildman–Crippen MR) is 123 cm³/mol. The first-order valence-electron chi connectivity index (χ1n) is 11.0. The van der Waals surface area contributed by atoms with Crippen molar-refractivity contribution in [2.24, 2.45) is 5.92 Å². The van der Waals surface area contributed by atoms with Crippen LogP contribution in [0.2, 0.25) is 5.02 Å². The van der Waals surface area contributed by atoms with Crippen molar-refractivity contribution in [3.8, 4) is 0 Å². The van der Waals surface area contributed by atoms with Gasteiger partial charge in [0.15, 0.2) is 0 Å². The molecular weight excluding hydrogens is 396 g/mol. The van der Waals surface area contributed by atoms with Gasteiger partial charge in [0.2, 0.25) is 0 Å². The first kappa shape index (κ1) is 22.6. The molecule has 2 atom stereocenters. The maximum atomic E-state index is 12.5. The summed E-state index contributed by atoms with van der Waals surface area (Å²) < 4.78 is 5.57. The predicted octanol–water partition coefficient (Wildman–Crippen LogP) is 6.01. The lowest BCUT2D eigenvalue weighted by molar-refractivity contribution is 0.0601. The average Bonchev–Trinajstić information content (AvgIpc) is 2.78. The summed E-state index contributed by atoms with van der Waals surface area (Å²) in [5, 5.41) is 0.742. The highest BCUT2D eigenvalue weighted by Gasteiger charge is 2.28. The van der Waals surface area contributed by atoms with Gasteiger partial charge >= 0.3 is 6.09 Å². The Morgan fingerprint density at radius 2 is 1.63 bits per heavy atom. The van der Waals surface area contributed by atoms with Gasteiger partial charge in [0.1, 0.15) is 0 Å². The molecule has 0 saturated carbocycles. The van der Waals surface area contributed by atoms with Crippen LogP contribution in [0.15, 0.2) is 54.6 Å². The van der Waals surface area contributed by atoms with Crippen LogP contribution in [0.3, 0.4) is 0 Å². The third-order valence-corrected chi connectivity index (χ3v) is 6.03. The van der Waals surface area contributed by atoms with Crippen LogP contribution in [0.25, 0.3) is 0 Å². The van der Waals surface area contributed by atoms with Gasteiger partial charge in [-0.05, 0) is 35.6 Å². The van der Waals surface area contributed by atoms with Crippen LogP contribution in [0, 0.1) is 5.92 Å². The van der Waals surface area contributed by atoms with Crippen LogP contribution in [0.4, 0.5) is 4.79 Å². The highest BCUT2D eigenvalue weighted by Crippen LogP contribution is 2.30. The number of ether oxygens (including phenoxy) is 1. The summed E-state index contributed by atoms with van der Waals surface area (Å²) in [5.41, 5.74) is 2.46. The number of benzene rings is 2. The van der Waals surface area contributed by atoms with Crippen LogP contribution in [-0.4, -0.2) is 48.7 Å². The minimum atomic E-state index is -0.180. The number of carbonyl (C=O) groups is 1. The molecule has 0 N–H and O–H groups in total. The largest absolute Gasteiger partial charge is 0.449 e. The topological polar surface area (TPSA) is 32.8 Å². The molecule has 1 amide bonds. The van der Waals surface area contributed by atoms with Crippen LogP contribution >= 0.6 is 11.6 Å². The van der Waals surface area contributed by atoms with Gasteiger partial charge in [0, 0.05) is 31.2 Å². The summed E-state index contributed by atoms with van der Waals surface area (Å²) in [6, 6.07) is 18.7. The molecule has 2 aromatic carbocycles. The van der Waals surface area contributed by atoms with Crippen molar-refractivity contribution < 1.29 is 9.53 Å². The Balaban J connectivity index is 1.61. The highest BCUT2D eigenvalue weighted by atomic mass is 35.5. The maximum absolute atomic E-state index is 12.5. The van der Waals surface area contributed by atoms with Gasteiger partial charge in [0.05, 0.1) is 12.6 Å². The minimum absolute atomic E-state index is 0.149. The number of nitrogens with zero attached hydrogens (tertiary/aromatic N) is 2. The monoisotopic (exact) mass is 428 g/mol. The van der Waals surface area contributed by atoms with Crippen molar-refractivity contribution in [1.29, 1.82) is 0 Å². The highest BCUT2D eigenvalue weighted by molar-refractivity contribution is 6.30. The average molecular weight is 429 g/mol. The smallest absolute Gasteiger partial charge is 0.409 e. The number of amides is 1. The van der Waals surface area contributed by atoms with Gasteiger partial charge in [0.25, 0.3) is 0 Å². The van der Waals surface area contributed by atoms with E-state index in [9.17, 15) is 4.79 Å². The molecule has 3 rings (SSSR count). The van der Waals surface area contributed by atoms with Gasteiger partial charge in [-0.2, -0.15) is 0 Å². The lowest BCUT2D eigenvalue weighted by Crippen LogP contribution is -2.50. The molecule has 1 fully saturated rings. The van der Waals surface area contributed by atoms with Gasteiger partial charge in [-0.25, -0.2) is 4.79 Å². The van der Waals surface area contributed by atoms with E-state index >= 15 is 0 Å². The Kier molecular flexibility index (Phi) is 8.59. The van der Waals surface area contributed by atoms with Gasteiger partial charge in [-0.15, -0.1) is 0 Å². The van der Waals surface area contributed by atoms with Crippen molar-refractivity contribution >= 4 is 17.7 Å². The van der Waals surface area contributed by atoms with E-state index in [4.69, 9.17) is 16.3 Å². The van der Waals surface area contributed by atoms with E-state index in [0.717, 1.165) is 24.5 Å². The number of carbonyl (C=O) groups excluding carboxylic acids is 1. The molecule has 1 aliphatic heterocycles. The second-order valence-electron chi connectivity index (χ2n) is 8.21. The number of piperazine rings is 1. The summed E-state index contributed by atoms with van der Waals surface area (Å²) in [6.07, 6.45) is 3.29. The molecule has 0 aromatic heterocycles. The summed E-state index contributed by atoms with van der Waals surface area (Å²) in [5.74, 6) is 0.419. The molecule has 2 aromatic rings. The summed E-state index contributed by atoms with van der Waals surface area (Å²) in [4.78, 5) is 16.8. The van der Waals surface area contributed by atoms with Crippen molar-refractivity contribution in [3.05, 3.63) is 70.7 Å². The van der Waals surface area contributed by atoms with E-state index in [1.54, 1.807) is 0 Å². The number of unbranched alkanes of at least 4 members (excludes halogenated alkanes) is 1. The number of hydrogen-bond acceptors (Lipinski definition) is 3. The van der Waals surface area contributed by atoms with Gasteiger partial charge in [-0.1, -0.05) is 80.8 Å². The Morgan fingerprint density at radius 1 is 1.00 bits per heavy atom. The zero-order chi connectivity index (χ0) is 21.3. The zero-order valence-electron chi connectivity index (χ0n) is 18.1. The third-order valence-electron chi connectivity index (χ3n) is 5.78. The Hall–Kier alpha value is -2.04. The number of rotatable bonds is 8. The lowest BCUT2D eigenvalue weighted by Gasteiger charge is -2.39. The molecule has 1 heterocycles. The van der Waals surface area contributed by atoms with E-state index in [1.807, 2.05) is 23.1 Å². The maximum Gasteiger partial charge on any atom is 0.409 e. The molecule has 0 radical (unpaired) electrons. The third kappa shape index (κ3) is 6.23. The summed E-state index contributed by atoms with van der Waals surface area (Å²) >= 11 is 6.11. The van der Waals surface area contributed by atoms with Gasteiger partial charge in [-0.3, -0.25) is 4.90 Å². The van der Waals surface area contributed by atoms with E-state index in [1.165, 1.54) is 24.0 Å². The van der Waals surface area contributed by atoms with Gasteiger partial charge < -0.3 is 9.64 Å². The summed E-state index contributed by atoms with van der Waals surface area (Å²) in [7, 11) is 0. The molecular formula is C25H33ClN2O2. The Morgan fingerprint density at radius 3 is 2.27 bits per heavy atom. The normalized spacial score (nSPS) is 16.8. The molecule has 0 spiro atoms. The second-order valence-corrected chi connectivity index (χ2v) is 8.65. The minimum Gasteiger partial charge on any atom is -0.449 e. The molecule has 162 valence electrons. The molecule has 30 heavy (non-hydrogen) atoms. The van der Waals surface area contributed by atoms with Crippen molar-refractivity contribution in [2.45, 2.75) is 39.2 Å². The standard InChI is InChI=1S/C25H33ClN2O2/c1-3-4-8-20(2)19-30-25(29)28-17-15-27(16-18-28)24(21-9-6-5-7-10-21)22-11-13-23(26)14-12-22/h5-7,9-14,20,24H,3-4,8,15-19H2,1-2H3. The number of halogens is 1. The molecule has 0 bridgehead atoms. The Labute approximate surface area is 185 Å². The molecule has 1 aliphatic rings. The fraction of sp³-hybridized carbons (Fsp3) is 0.480. The van der Waals surface area contributed by atoms with Crippen molar-refractivity contribution in [2.75, 3.05) is 32.8 Å². The van der Waals surface area contributed by atoms with Crippen LogP contribution in [0.5, 0.6) is 0 Å². The lowest BCUT2D eigenvalue weighted by atomic mass is 9.96. The van der Waals surface area contributed by atoms with E-state index < -0.39 is 0 Å². The zero-order valence-corrected chi connectivity index (χ0v) is 18.9. The van der Waals surface area contributed by atoms with Crippen molar-refractivity contribution in [1.82, 2.24) is 9.80 Å². The van der Waals surface area contributed by atoms with E-state index in [-0.39, 0.29) is 12.1 Å². The molecule has 5 heteroatoms. The second kappa shape index (κ2) is 11.4. The van der Waals surface area contributed by atoms with E-state index in [2.05, 4.69) is 55.1 Å². The first-order chi connectivity index (χ1) is 14.6. The van der Waals surface area contributed by atoms with E-state index in [0.29, 0.717) is 25.6 Å². The van der Waals surface area contributed by atoms with Crippen LogP contribution < -0.4 is 0 Å². The molecule has 2 unspecified atom stereocenters. The summed E-state index contributed by atoms with van der Waals surface area (Å²) in [6.45, 7) is 7.82. The van der Waals surface area contributed by atoms with Crippen LogP contribution in [-0.2, 0) is 4.74 Å². The SMILES string of the molecule is CCCCC(C)COC(=O)N1CCN(C(c2ccccc2)c2ccc(Cl)cc2)CC1. The Bertz CT molecular complexity index is 773. The quantitative estimate of drug-likeness (QED) is 0.516. The fourth-order valence-corrected chi connectivity index (χ4v) is 4.12. The van der Waals surface area contributed by atoms with Crippen LogP contribution in [0.1, 0.15) is 50.3 Å².